The number of urea groups is 1. The predicted molar refractivity (Wildman–Crippen MR) is 87.1 cm³/mol. The molecule has 0 unspecified atom stereocenters. The second-order valence-electron chi connectivity index (χ2n) is 5.16. The van der Waals surface area contributed by atoms with Crippen LogP contribution in [0.2, 0.25) is 0 Å². The summed E-state index contributed by atoms with van der Waals surface area (Å²) in [5, 5.41) is 7.94. The molecule has 1 rings (SSSR count). The highest BCUT2D eigenvalue weighted by molar-refractivity contribution is 7.89. The van der Waals surface area contributed by atoms with Crippen molar-refractivity contribution in [2.45, 2.75) is 38.0 Å². The van der Waals surface area contributed by atoms with Crippen molar-refractivity contribution in [2.24, 2.45) is 5.14 Å². The topological polar surface area (TPSA) is 92.5 Å². The van der Waals surface area contributed by atoms with Gasteiger partial charge in [0.05, 0.1) is 4.90 Å². The van der Waals surface area contributed by atoms with Gasteiger partial charge in [0.15, 0.2) is 0 Å². The molecule has 0 aliphatic carbocycles. The van der Waals surface area contributed by atoms with Crippen LogP contribution in [0, 0.1) is 0 Å². The molecule has 22 heavy (non-hydrogen) atoms. The number of primary sulfonamides is 1. The van der Waals surface area contributed by atoms with Crippen molar-refractivity contribution in [1.29, 1.82) is 0 Å². The molecule has 0 aromatic heterocycles. The van der Waals surface area contributed by atoms with Gasteiger partial charge < -0.3 is 10.2 Å². The third-order valence-electron chi connectivity index (χ3n) is 3.22. The summed E-state index contributed by atoms with van der Waals surface area (Å²) in [6.45, 7) is 6.11. The van der Waals surface area contributed by atoms with Gasteiger partial charge in [0.25, 0.3) is 0 Å². The van der Waals surface area contributed by atoms with E-state index in [1.165, 1.54) is 12.1 Å². The highest BCUT2D eigenvalue weighted by Gasteiger charge is 2.11. The molecule has 0 atom stereocenters. The number of nitrogens with one attached hydrogen (secondary N) is 1. The number of carbonyl (C=O) groups is 1. The Morgan fingerprint density at radius 1 is 1.14 bits per heavy atom. The van der Waals surface area contributed by atoms with Gasteiger partial charge in [0.1, 0.15) is 0 Å². The zero-order valence-electron chi connectivity index (χ0n) is 13.2. The van der Waals surface area contributed by atoms with E-state index < -0.39 is 10.0 Å². The fraction of sp³-hybridized carbons (Fsp3) is 0.533. The van der Waals surface area contributed by atoms with E-state index in [2.05, 4.69) is 5.32 Å². The van der Waals surface area contributed by atoms with Crippen molar-refractivity contribution in [2.75, 3.05) is 19.6 Å². The van der Waals surface area contributed by atoms with Gasteiger partial charge in [-0.25, -0.2) is 18.4 Å². The highest BCUT2D eigenvalue weighted by atomic mass is 32.2. The molecule has 0 heterocycles. The summed E-state index contributed by atoms with van der Waals surface area (Å²) in [5.41, 5.74) is 0.949. The number of rotatable bonds is 8. The number of nitrogens with two attached hydrogens (primary N) is 1. The molecular weight excluding hydrogens is 302 g/mol. The van der Waals surface area contributed by atoms with Crippen molar-refractivity contribution in [3.63, 3.8) is 0 Å². The number of hydrogen-bond acceptors (Lipinski definition) is 3. The van der Waals surface area contributed by atoms with E-state index in [0.29, 0.717) is 13.0 Å². The van der Waals surface area contributed by atoms with Gasteiger partial charge >= 0.3 is 6.03 Å². The number of carbonyl (C=O) groups excluding carboxylic acids is 1. The Balaban J connectivity index is 2.48. The van der Waals surface area contributed by atoms with Crippen LogP contribution in [0.5, 0.6) is 0 Å². The zero-order valence-corrected chi connectivity index (χ0v) is 14.0. The molecule has 0 aliphatic rings. The maximum absolute atomic E-state index is 12.0. The van der Waals surface area contributed by atoms with Crippen LogP contribution in [0.3, 0.4) is 0 Å². The molecular formula is C15H25N3O3S. The molecule has 2 amide bonds. The van der Waals surface area contributed by atoms with E-state index >= 15 is 0 Å². The van der Waals surface area contributed by atoms with Gasteiger partial charge in [-0.15, -0.1) is 0 Å². The number of hydrogen-bond donors (Lipinski definition) is 2. The lowest BCUT2D eigenvalue weighted by Gasteiger charge is -2.21. The fourth-order valence-corrected chi connectivity index (χ4v) is 2.64. The van der Waals surface area contributed by atoms with Crippen LogP contribution >= 0.6 is 0 Å². The average molecular weight is 327 g/mol. The van der Waals surface area contributed by atoms with E-state index in [1.54, 1.807) is 12.1 Å². The van der Waals surface area contributed by atoms with Crippen molar-refractivity contribution in [3.05, 3.63) is 29.8 Å². The molecule has 7 heteroatoms. The van der Waals surface area contributed by atoms with Gasteiger partial charge in [-0.05, 0) is 37.0 Å². The summed E-state index contributed by atoms with van der Waals surface area (Å²) in [6.07, 6.45) is 2.51. The van der Waals surface area contributed by atoms with Crippen molar-refractivity contribution >= 4 is 16.1 Å². The molecule has 0 bridgehead atoms. The Morgan fingerprint density at radius 3 is 2.14 bits per heavy atom. The summed E-state index contributed by atoms with van der Waals surface area (Å²) < 4.78 is 22.3. The smallest absolute Gasteiger partial charge is 0.317 e. The van der Waals surface area contributed by atoms with Crippen molar-refractivity contribution < 1.29 is 13.2 Å². The Bertz CT molecular complexity index is 564. The first-order valence-electron chi connectivity index (χ1n) is 7.53. The molecule has 0 radical (unpaired) electrons. The minimum absolute atomic E-state index is 0.0511. The molecule has 6 nitrogen and oxygen atoms in total. The minimum Gasteiger partial charge on any atom is -0.338 e. The lowest BCUT2D eigenvalue weighted by atomic mass is 10.1. The summed E-state index contributed by atoms with van der Waals surface area (Å²) in [4.78, 5) is 13.9. The Labute approximate surface area is 132 Å². The normalized spacial score (nSPS) is 11.2. The first-order valence-corrected chi connectivity index (χ1v) is 9.07. The summed E-state index contributed by atoms with van der Waals surface area (Å²) in [6, 6.07) is 6.33. The number of sulfonamides is 1. The lowest BCUT2D eigenvalue weighted by molar-refractivity contribution is 0.198. The van der Waals surface area contributed by atoms with Crippen LogP contribution in [0.1, 0.15) is 32.3 Å². The summed E-state index contributed by atoms with van der Waals surface area (Å²) >= 11 is 0. The molecule has 0 spiro atoms. The molecule has 0 aliphatic heterocycles. The van der Waals surface area contributed by atoms with Crippen LogP contribution in [-0.4, -0.2) is 39.0 Å². The second-order valence-corrected chi connectivity index (χ2v) is 6.72. The van der Waals surface area contributed by atoms with Crippen LogP contribution in [0.4, 0.5) is 4.79 Å². The van der Waals surface area contributed by atoms with Gasteiger partial charge in [0.2, 0.25) is 10.0 Å². The van der Waals surface area contributed by atoms with E-state index in [9.17, 15) is 13.2 Å². The maximum Gasteiger partial charge on any atom is 0.317 e. The van der Waals surface area contributed by atoms with E-state index in [-0.39, 0.29) is 10.9 Å². The minimum atomic E-state index is -3.65. The fourth-order valence-electron chi connectivity index (χ4n) is 2.13. The molecule has 1 aromatic rings. The predicted octanol–water partition coefficient (Wildman–Crippen LogP) is 1.71. The summed E-state index contributed by atoms with van der Waals surface area (Å²) in [5.74, 6) is 0. The standard InChI is InChI=1S/C15H25N3O3S/c1-3-11-18(12-4-2)15(19)17-10-9-13-5-7-14(8-6-13)22(16,20)21/h5-8H,3-4,9-12H2,1-2H3,(H,17,19)(H2,16,20,21). The number of benzene rings is 1. The van der Waals surface area contributed by atoms with Gasteiger partial charge in [0, 0.05) is 19.6 Å². The Morgan fingerprint density at radius 2 is 1.68 bits per heavy atom. The number of amides is 2. The molecule has 3 N–H and O–H groups in total. The molecule has 0 saturated heterocycles. The lowest BCUT2D eigenvalue weighted by Crippen LogP contribution is -2.41. The van der Waals surface area contributed by atoms with E-state index in [0.717, 1.165) is 31.5 Å². The van der Waals surface area contributed by atoms with Crippen molar-refractivity contribution in [1.82, 2.24) is 10.2 Å². The van der Waals surface area contributed by atoms with Gasteiger partial charge in [-0.1, -0.05) is 26.0 Å². The largest absolute Gasteiger partial charge is 0.338 e. The van der Waals surface area contributed by atoms with E-state index in [4.69, 9.17) is 5.14 Å². The Kier molecular flexibility index (Phi) is 7.34. The maximum atomic E-state index is 12.0. The monoisotopic (exact) mass is 327 g/mol. The SMILES string of the molecule is CCCN(CCC)C(=O)NCCc1ccc(S(N)(=O)=O)cc1. The van der Waals surface area contributed by atoms with E-state index in [1.807, 2.05) is 18.7 Å². The molecule has 1 aromatic carbocycles. The third kappa shape index (κ3) is 6.03. The Hall–Kier alpha value is -1.60. The van der Waals surface area contributed by atoms with Gasteiger partial charge in [-0.3, -0.25) is 0 Å². The zero-order chi connectivity index (χ0) is 16.6. The second kappa shape index (κ2) is 8.75. The van der Waals surface area contributed by atoms with Crippen LogP contribution in [0.25, 0.3) is 0 Å². The van der Waals surface area contributed by atoms with Crippen LogP contribution < -0.4 is 10.5 Å². The van der Waals surface area contributed by atoms with Crippen LogP contribution in [-0.2, 0) is 16.4 Å². The molecule has 124 valence electrons. The summed E-state index contributed by atoms with van der Waals surface area (Å²) in [7, 11) is -3.65. The van der Waals surface area contributed by atoms with Gasteiger partial charge in [-0.2, -0.15) is 0 Å². The average Bonchev–Trinajstić information content (AvgIpc) is 2.46. The molecule has 0 fully saturated rings. The van der Waals surface area contributed by atoms with Crippen molar-refractivity contribution in [3.8, 4) is 0 Å². The quantitative estimate of drug-likeness (QED) is 0.761. The highest BCUT2D eigenvalue weighted by Crippen LogP contribution is 2.09. The first-order chi connectivity index (χ1) is 10.4. The molecule has 0 saturated carbocycles. The first kappa shape index (κ1) is 18.4. The van der Waals surface area contributed by atoms with Crippen LogP contribution in [0.15, 0.2) is 29.2 Å². The number of nitrogens with zero attached hydrogens (tertiary/aromatic N) is 1. The third-order valence-corrected chi connectivity index (χ3v) is 4.15.